The lowest BCUT2D eigenvalue weighted by molar-refractivity contribution is -0.139. The fourth-order valence-corrected chi connectivity index (χ4v) is 6.07. The van der Waals surface area contributed by atoms with E-state index in [1.54, 1.807) is 36.3 Å². The number of hydrogen-bond donors (Lipinski definition) is 0. The van der Waals surface area contributed by atoms with Crippen LogP contribution in [-0.4, -0.2) is 61.5 Å². The lowest BCUT2D eigenvalue weighted by Gasteiger charge is -2.32. The predicted octanol–water partition coefficient (Wildman–Crippen LogP) is 2.87. The third-order valence-electron chi connectivity index (χ3n) is 6.65. The summed E-state index contributed by atoms with van der Waals surface area (Å²) in [6, 6.07) is 11.1. The molecule has 1 aromatic carbocycles. The smallest absolute Gasteiger partial charge is 0.338 e. The highest BCUT2D eigenvalue weighted by molar-refractivity contribution is 7.98. The maximum atomic E-state index is 13.7. The van der Waals surface area contributed by atoms with E-state index in [0.717, 1.165) is 42.5 Å². The van der Waals surface area contributed by atoms with Crippen molar-refractivity contribution in [2.45, 2.75) is 24.8 Å². The van der Waals surface area contributed by atoms with E-state index in [1.807, 2.05) is 42.7 Å². The van der Waals surface area contributed by atoms with Crippen molar-refractivity contribution < 1.29 is 13.9 Å². The summed E-state index contributed by atoms with van der Waals surface area (Å²) in [4.78, 5) is 37.6. The topological polar surface area (TPSA) is 80.3 Å². The van der Waals surface area contributed by atoms with Gasteiger partial charge in [-0.3, -0.25) is 9.36 Å². The molecule has 0 N–H and O–H groups in total. The van der Waals surface area contributed by atoms with Gasteiger partial charge in [-0.05, 0) is 50.9 Å². The first-order valence-corrected chi connectivity index (χ1v) is 14.3. The molecule has 3 aromatic rings. The molecule has 0 bridgehead atoms. The minimum atomic E-state index is -0.620. The van der Waals surface area contributed by atoms with Gasteiger partial charge in [-0.2, -0.15) is 0 Å². The number of likely N-dealkylation sites (N-methyl/N-ethyl adjacent to an activating group) is 1. The molecule has 37 heavy (non-hydrogen) atoms. The summed E-state index contributed by atoms with van der Waals surface area (Å²) in [5, 5.41) is 0. The number of carbonyl (C=O) groups is 1. The lowest BCUT2D eigenvalue weighted by atomic mass is 9.96. The second-order valence-electron chi connectivity index (χ2n) is 9.04. The normalized spacial score (nSPS) is 18.6. The van der Waals surface area contributed by atoms with Crippen LogP contribution in [0.5, 0.6) is 0 Å². The van der Waals surface area contributed by atoms with Crippen LogP contribution in [-0.2, 0) is 9.53 Å². The maximum absolute atomic E-state index is 13.7. The first kappa shape index (κ1) is 25.6. The summed E-state index contributed by atoms with van der Waals surface area (Å²) in [5.41, 5.74) is 1.56. The Morgan fingerprint density at radius 2 is 1.92 bits per heavy atom. The Kier molecular flexibility index (Phi) is 7.41. The molecule has 2 aliphatic rings. The molecule has 0 aliphatic carbocycles. The van der Waals surface area contributed by atoms with Crippen LogP contribution < -0.4 is 19.8 Å². The third-order valence-corrected chi connectivity index (χ3v) is 8.38. The number of thiazole rings is 1. The molecular formula is C27H30N4O4S2. The van der Waals surface area contributed by atoms with Gasteiger partial charge in [-0.15, -0.1) is 11.8 Å². The van der Waals surface area contributed by atoms with Crippen LogP contribution in [0, 0.1) is 0 Å². The number of carbonyl (C=O) groups excluding carboxylic acids is 1. The van der Waals surface area contributed by atoms with E-state index in [9.17, 15) is 9.59 Å². The maximum Gasteiger partial charge on any atom is 0.338 e. The zero-order valence-electron chi connectivity index (χ0n) is 21.4. The van der Waals surface area contributed by atoms with Crippen molar-refractivity contribution in [1.29, 1.82) is 0 Å². The number of aromatic nitrogens is 1. The Hall–Kier alpha value is -3.08. The molecule has 194 valence electrons. The second-order valence-corrected chi connectivity index (χ2v) is 10.9. The van der Waals surface area contributed by atoms with Gasteiger partial charge in [-0.1, -0.05) is 23.5 Å². The van der Waals surface area contributed by atoms with Gasteiger partial charge in [0.25, 0.3) is 5.56 Å². The van der Waals surface area contributed by atoms with Crippen LogP contribution in [0.2, 0.25) is 0 Å². The summed E-state index contributed by atoms with van der Waals surface area (Å²) >= 11 is 2.93. The van der Waals surface area contributed by atoms with Crippen molar-refractivity contribution in [3.8, 4) is 0 Å². The van der Waals surface area contributed by atoms with E-state index in [-0.39, 0.29) is 12.2 Å². The first-order valence-electron chi connectivity index (χ1n) is 12.3. The van der Waals surface area contributed by atoms with Crippen molar-refractivity contribution in [2.75, 3.05) is 51.0 Å². The summed E-state index contributed by atoms with van der Waals surface area (Å²) in [6.45, 7) is 7.57. The minimum absolute atomic E-state index is 0.213. The fraction of sp³-hybridized carbons (Fsp3) is 0.370. The molecule has 8 nitrogen and oxygen atoms in total. The zero-order chi connectivity index (χ0) is 26.1. The van der Waals surface area contributed by atoms with Gasteiger partial charge < -0.3 is 19.0 Å². The van der Waals surface area contributed by atoms with Gasteiger partial charge in [0.15, 0.2) is 10.7 Å². The monoisotopic (exact) mass is 538 g/mol. The predicted molar refractivity (Wildman–Crippen MR) is 147 cm³/mol. The molecule has 0 radical (unpaired) electrons. The van der Waals surface area contributed by atoms with Crippen LogP contribution in [0.25, 0.3) is 6.08 Å². The Morgan fingerprint density at radius 1 is 1.19 bits per heavy atom. The number of hydrogen-bond acceptors (Lipinski definition) is 9. The highest BCUT2D eigenvalue weighted by atomic mass is 32.2. The number of furan rings is 1. The van der Waals surface area contributed by atoms with Gasteiger partial charge >= 0.3 is 5.97 Å². The first-order chi connectivity index (χ1) is 17.9. The van der Waals surface area contributed by atoms with E-state index in [4.69, 9.17) is 9.15 Å². The van der Waals surface area contributed by atoms with Crippen LogP contribution in [0.3, 0.4) is 0 Å². The second kappa shape index (κ2) is 10.7. The number of nitrogens with zero attached hydrogens (tertiary/aromatic N) is 4. The number of allylic oxidation sites excluding steroid dienone is 1. The molecule has 1 saturated heterocycles. The summed E-state index contributed by atoms with van der Waals surface area (Å²) < 4.78 is 13.6. The lowest BCUT2D eigenvalue weighted by Crippen LogP contribution is -2.44. The number of thioether (sulfide) groups is 1. The summed E-state index contributed by atoms with van der Waals surface area (Å²) in [7, 11) is 2.12. The molecule has 2 aromatic heterocycles. The highest BCUT2D eigenvalue weighted by Crippen LogP contribution is 2.31. The summed E-state index contributed by atoms with van der Waals surface area (Å²) in [6.07, 6.45) is 3.77. The summed E-state index contributed by atoms with van der Waals surface area (Å²) in [5.74, 6) is 0.959. The Morgan fingerprint density at radius 3 is 2.59 bits per heavy atom. The van der Waals surface area contributed by atoms with Crippen molar-refractivity contribution in [3.63, 3.8) is 0 Å². The number of benzene rings is 1. The molecule has 0 saturated carbocycles. The van der Waals surface area contributed by atoms with E-state index in [1.165, 1.54) is 11.3 Å². The van der Waals surface area contributed by atoms with Gasteiger partial charge in [-0.25, -0.2) is 9.79 Å². The standard InChI is InChI=1S/C27H30N4O4S2/c1-5-34-26(33)23-17(2)28-27-31(24(23)18-6-9-20(36-4)10-7-18)25(32)21(37-27)16-19-8-11-22(35-19)30-14-12-29(3)13-15-30/h6-11,16,24H,5,12-15H2,1-4H3/b21-16+/t24-/m1/s1. The van der Waals surface area contributed by atoms with Crippen LogP contribution in [0.1, 0.15) is 31.2 Å². The van der Waals surface area contributed by atoms with E-state index in [2.05, 4.69) is 21.8 Å². The SMILES string of the molecule is CCOC(=O)C1=C(C)N=c2s/c(=C/c3ccc(N4CCN(C)CC4)o3)c(=O)n2[C@@H]1c1ccc(SC)cc1. The Balaban J connectivity index is 1.57. The number of anilines is 1. The molecule has 0 amide bonds. The van der Waals surface area contributed by atoms with Crippen LogP contribution >= 0.6 is 23.1 Å². The van der Waals surface area contributed by atoms with Gasteiger partial charge in [0.05, 0.1) is 28.5 Å². The molecule has 1 fully saturated rings. The van der Waals surface area contributed by atoms with Crippen molar-refractivity contribution in [2.24, 2.45) is 4.99 Å². The molecule has 5 rings (SSSR count). The zero-order valence-corrected chi connectivity index (χ0v) is 23.0. The minimum Gasteiger partial charge on any atom is -0.463 e. The number of ether oxygens (including phenoxy) is 1. The Bertz CT molecular complexity index is 1510. The molecular weight excluding hydrogens is 508 g/mol. The number of esters is 1. The van der Waals surface area contributed by atoms with Crippen LogP contribution in [0.4, 0.5) is 5.88 Å². The Labute approximate surface area is 223 Å². The molecule has 1 atom stereocenters. The van der Waals surface area contributed by atoms with Gasteiger partial charge in [0.2, 0.25) is 0 Å². The molecule has 0 unspecified atom stereocenters. The molecule has 0 spiro atoms. The third kappa shape index (κ3) is 5.05. The van der Waals surface area contributed by atoms with Crippen molar-refractivity contribution in [3.05, 3.63) is 78.7 Å². The van der Waals surface area contributed by atoms with Crippen LogP contribution in [0.15, 0.2) is 66.8 Å². The molecule has 2 aliphatic heterocycles. The van der Waals surface area contributed by atoms with Gasteiger partial charge in [0.1, 0.15) is 5.76 Å². The average Bonchev–Trinajstić information content (AvgIpc) is 3.48. The fourth-order valence-electron chi connectivity index (χ4n) is 4.64. The quantitative estimate of drug-likeness (QED) is 0.353. The van der Waals surface area contributed by atoms with Crippen molar-refractivity contribution >= 4 is 41.0 Å². The average molecular weight is 539 g/mol. The largest absolute Gasteiger partial charge is 0.463 e. The molecule has 10 heteroatoms. The van der Waals surface area contributed by atoms with E-state index >= 15 is 0 Å². The van der Waals surface area contributed by atoms with Crippen molar-refractivity contribution in [1.82, 2.24) is 9.47 Å². The number of fused-ring (bicyclic) bond motifs is 1. The molecule has 4 heterocycles. The highest BCUT2D eigenvalue weighted by Gasteiger charge is 2.33. The van der Waals surface area contributed by atoms with E-state index < -0.39 is 12.0 Å². The number of piperazine rings is 1. The van der Waals surface area contributed by atoms with E-state index in [0.29, 0.717) is 26.4 Å². The van der Waals surface area contributed by atoms with Gasteiger partial charge in [0, 0.05) is 43.2 Å². The number of rotatable bonds is 6.